The van der Waals surface area contributed by atoms with Crippen LogP contribution in [0.3, 0.4) is 0 Å². The number of urea groups is 1. The van der Waals surface area contributed by atoms with Crippen LogP contribution in [0.15, 0.2) is 27.8 Å². The van der Waals surface area contributed by atoms with E-state index in [1.807, 2.05) is 0 Å². The predicted octanol–water partition coefficient (Wildman–Crippen LogP) is 1.40. The second-order valence-corrected chi connectivity index (χ2v) is 6.06. The lowest BCUT2D eigenvalue weighted by molar-refractivity contribution is -0.119. The molecule has 0 fully saturated rings. The number of ether oxygens (including phenoxy) is 2. The number of nitrogens with one attached hydrogen (secondary N) is 2. The van der Waals surface area contributed by atoms with Gasteiger partial charge < -0.3 is 19.2 Å². The number of hydrogen-bond donors (Lipinski definition) is 2. The van der Waals surface area contributed by atoms with Crippen LogP contribution in [0.25, 0.3) is 11.5 Å². The first kappa shape index (κ1) is 16.1. The summed E-state index contributed by atoms with van der Waals surface area (Å²) in [5, 5.41) is 12.0. The lowest BCUT2D eigenvalue weighted by Gasteiger charge is -2.07. The highest BCUT2D eigenvalue weighted by Gasteiger charge is 2.21. The van der Waals surface area contributed by atoms with Gasteiger partial charge in [-0.3, -0.25) is 10.1 Å². The van der Waals surface area contributed by atoms with E-state index < -0.39 is 17.2 Å². The molecule has 1 aliphatic heterocycles. The Labute approximate surface area is 141 Å². The van der Waals surface area contributed by atoms with Crippen molar-refractivity contribution in [1.29, 1.82) is 0 Å². The second kappa shape index (κ2) is 6.79. The zero-order chi connectivity index (χ0) is 17.1. The molecule has 1 aromatic carbocycles. The smallest absolute Gasteiger partial charge is 0.321 e. The Morgan fingerprint density at radius 1 is 1.25 bits per heavy atom. The Morgan fingerprint density at radius 3 is 2.83 bits per heavy atom. The summed E-state index contributed by atoms with van der Waals surface area (Å²) in [5.41, 5.74) is 0.682. The number of thioether (sulfide) groups is 1. The van der Waals surface area contributed by atoms with Crippen LogP contribution >= 0.6 is 11.8 Å². The quantitative estimate of drug-likeness (QED) is 0.795. The van der Waals surface area contributed by atoms with Gasteiger partial charge in [-0.1, -0.05) is 11.8 Å². The first-order chi connectivity index (χ1) is 11.6. The highest BCUT2D eigenvalue weighted by molar-refractivity contribution is 8.00. The molecule has 0 radical (unpaired) electrons. The van der Waals surface area contributed by atoms with Gasteiger partial charge in [0.1, 0.15) is 0 Å². The molecule has 3 amide bonds. The Balaban J connectivity index is 1.67. The molecule has 126 valence electrons. The first-order valence-electron chi connectivity index (χ1n) is 6.99. The highest BCUT2D eigenvalue weighted by atomic mass is 32.2. The van der Waals surface area contributed by atoms with Gasteiger partial charge in [0.05, 0.1) is 5.25 Å². The van der Waals surface area contributed by atoms with Gasteiger partial charge in [0.2, 0.25) is 18.6 Å². The van der Waals surface area contributed by atoms with E-state index in [0.717, 1.165) is 11.8 Å². The minimum Gasteiger partial charge on any atom is -0.454 e. The topological polar surface area (TPSA) is 116 Å². The van der Waals surface area contributed by atoms with E-state index in [9.17, 15) is 9.59 Å². The summed E-state index contributed by atoms with van der Waals surface area (Å²) >= 11 is 1.06. The van der Waals surface area contributed by atoms with Crippen molar-refractivity contribution in [2.75, 3.05) is 13.8 Å². The van der Waals surface area contributed by atoms with Crippen LogP contribution in [0.5, 0.6) is 11.5 Å². The van der Waals surface area contributed by atoms with Crippen LogP contribution in [-0.4, -0.2) is 41.2 Å². The van der Waals surface area contributed by atoms with Crippen molar-refractivity contribution in [2.24, 2.45) is 0 Å². The third-order valence-electron chi connectivity index (χ3n) is 3.14. The average Bonchev–Trinajstić information content (AvgIpc) is 3.22. The van der Waals surface area contributed by atoms with E-state index in [2.05, 4.69) is 20.8 Å². The first-order valence-corrected chi connectivity index (χ1v) is 7.87. The number of aromatic nitrogens is 2. The molecule has 1 aliphatic rings. The normalized spacial score (nSPS) is 13.4. The fourth-order valence-corrected chi connectivity index (χ4v) is 2.57. The third-order valence-corrected chi connectivity index (χ3v) is 4.07. The Kier molecular flexibility index (Phi) is 4.56. The lowest BCUT2D eigenvalue weighted by atomic mass is 10.2. The largest absolute Gasteiger partial charge is 0.454 e. The molecule has 0 saturated carbocycles. The number of hydrogen-bond acceptors (Lipinski definition) is 8. The number of fused-ring (bicyclic) bond motifs is 1. The maximum absolute atomic E-state index is 11.8. The Bertz CT molecular complexity index is 778. The van der Waals surface area contributed by atoms with Gasteiger partial charge in [-0.05, 0) is 25.1 Å². The Hall–Kier alpha value is -2.75. The van der Waals surface area contributed by atoms with Crippen LogP contribution in [0, 0.1) is 0 Å². The number of nitrogens with zero attached hydrogens (tertiary/aromatic N) is 2. The van der Waals surface area contributed by atoms with Crippen LogP contribution in [-0.2, 0) is 4.79 Å². The predicted molar refractivity (Wildman–Crippen MR) is 83.8 cm³/mol. The summed E-state index contributed by atoms with van der Waals surface area (Å²) in [6.07, 6.45) is 0. The molecule has 0 saturated heterocycles. The van der Waals surface area contributed by atoms with Crippen LogP contribution < -0.4 is 20.1 Å². The van der Waals surface area contributed by atoms with Crippen molar-refractivity contribution in [3.63, 3.8) is 0 Å². The molecule has 2 N–H and O–H groups in total. The molecular weight excluding hydrogens is 336 g/mol. The SMILES string of the molecule is CNC(=O)NC(=O)C(C)Sc1nnc(-c2ccc3c(c2)OCO3)o1. The van der Waals surface area contributed by atoms with E-state index in [1.54, 1.807) is 25.1 Å². The highest BCUT2D eigenvalue weighted by Crippen LogP contribution is 2.36. The third kappa shape index (κ3) is 3.43. The Morgan fingerprint density at radius 2 is 2.04 bits per heavy atom. The molecule has 0 bridgehead atoms. The van der Waals surface area contributed by atoms with Crippen molar-refractivity contribution in [2.45, 2.75) is 17.4 Å². The molecule has 3 rings (SSSR count). The van der Waals surface area contributed by atoms with Gasteiger partial charge in [-0.15, -0.1) is 10.2 Å². The average molecular weight is 350 g/mol. The monoisotopic (exact) mass is 350 g/mol. The number of benzene rings is 1. The van der Waals surface area contributed by atoms with Gasteiger partial charge in [0.25, 0.3) is 5.22 Å². The van der Waals surface area contributed by atoms with Crippen molar-refractivity contribution in [3.05, 3.63) is 18.2 Å². The van der Waals surface area contributed by atoms with Crippen molar-refractivity contribution < 1.29 is 23.5 Å². The van der Waals surface area contributed by atoms with Gasteiger partial charge >= 0.3 is 6.03 Å². The minimum absolute atomic E-state index is 0.182. The maximum Gasteiger partial charge on any atom is 0.321 e. The molecule has 2 heterocycles. The standard InChI is InChI=1S/C14H14N4O5S/c1-7(11(19)16-13(20)15-2)24-14-18-17-12(23-14)8-3-4-9-10(5-8)22-6-21-9/h3-5,7H,6H2,1-2H3,(H2,15,16,19,20). The number of imide groups is 1. The molecular formula is C14H14N4O5S. The summed E-state index contributed by atoms with van der Waals surface area (Å²) in [7, 11) is 1.43. The number of amides is 3. The zero-order valence-electron chi connectivity index (χ0n) is 12.9. The fourth-order valence-electron chi connectivity index (χ4n) is 1.88. The molecule has 24 heavy (non-hydrogen) atoms. The van der Waals surface area contributed by atoms with E-state index >= 15 is 0 Å². The van der Waals surface area contributed by atoms with Gasteiger partial charge in [0, 0.05) is 12.6 Å². The maximum atomic E-state index is 11.8. The molecule has 1 atom stereocenters. The second-order valence-electron chi connectivity index (χ2n) is 4.77. The molecule has 9 nitrogen and oxygen atoms in total. The summed E-state index contributed by atoms with van der Waals surface area (Å²) in [5.74, 6) is 1.11. The lowest BCUT2D eigenvalue weighted by Crippen LogP contribution is -2.41. The molecule has 1 unspecified atom stereocenters. The van der Waals surface area contributed by atoms with Crippen molar-refractivity contribution in [3.8, 4) is 23.0 Å². The van der Waals surface area contributed by atoms with Crippen LogP contribution in [0.4, 0.5) is 4.79 Å². The minimum atomic E-state index is -0.577. The molecule has 0 spiro atoms. The van der Waals surface area contributed by atoms with Crippen LogP contribution in [0.1, 0.15) is 6.92 Å². The molecule has 0 aliphatic carbocycles. The van der Waals surface area contributed by atoms with E-state index in [4.69, 9.17) is 13.9 Å². The summed E-state index contributed by atoms with van der Waals surface area (Å²) < 4.78 is 16.1. The molecule has 10 heteroatoms. The van der Waals surface area contributed by atoms with Gasteiger partial charge in [-0.25, -0.2) is 4.79 Å². The summed E-state index contributed by atoms with van der Waals surface area (Å²) in [6.45, 7) is 1.81. The number of rotatable bonds is 4. The summed E-state index contributed by atoms with van der Waals surface area (Å²) in [4.78, 5) is 22.9. The van der Waals surface area contributed by atoms with E-state index in [0.29, 0.717) is 23.0 Å². The van der Waals surface area contributed by atoms with Gasteiger partial charge in [0.15, 0.2) is 11.5 Å². The number of carbonyl (C=O) groups excluding carboxylic acids is 2. The van der Waals surface area contributed by atoms with Crippen LogP contribution in [0.2, 0.25) is 0 Å². The molecule has 1 aromatic heterocycles. The fraction of sp³-hybridized carbons (Fsp3) is 0.286. The zero-order valence-corrected chi connectivity index (χ0v) is 13.7. The number of carbonyl (C=O) groups is 2. The summed E-state index contributed by atoms with van der Waals surface area (Å²) in [6, 6.07) is 4.70. The van der Waals surface area contributed by atoms with E-state index in [1.165, 1.54) is 7.05 Å². The van der Waals surface area contributed by atoms with Gasteiger partial charge in [-0.2, -0.15) is 0 Å². The molecule has 2 aromatic rings. The van der Waals surface area contributed by atoms with E-state index in [-0.39, 0.29) is 12.0 Å². The van der Waals surface area contributed by atoms with Crippen molar-refractivity contribution in [1.82, 2.24) is 20.8 Å². The van der Waals surface area contributed by atoms with Crippen molar-refractivity contribution >= 4 is 23.7 Å².